The van der Waals surface area contributed by atoms with Crippen molar-refractivity contribution < 1.29 is 13.2 Å². The van der Waals surface area contributed by atoms with Gasteiger partial charge in [0.25, 0.3) is 10.0 Å². The number of sulfonamides is 1. The number of imidazole rings is 1. The van der Waals surface area contributed by atoms with Crippen LogP contribution in [0.2, 0.25) is 5.02 Å². The van der Waals surface area contributed by atoms with Crippen molar-refractivity contribution in [3.63, 3.8) is 0 Å². The highest BCUT2D eigenvalue weighted by Gasteiger charge is 2.45. The zero-order chi connectivity index (χ0) is 24.6. The highest BCUT2D eigenvalue weighted by atomic mass is 35.5. The molecule has 1 aromatic heterocycles. The Kier molecular flexibility index (Phi) is 6.46. The van der Waals surface area contributed by atoms with Crippen molar-refractivity contribution in [1.29, 1.82) is 0 Å². The molecule has 35 heavy (non-hydrogen) atoms. The van der Waals surface area contributed by atoms with Crippen LogP contribution < -0.4 is 9.46 Å². The van der Waals surface area contributed by atoms with Gasteiger partial charge in [0.2, 0.25) is 0 Å². The van der Waals surface area contributed by atoms with E-state index in [-0.39, 0.29) is 23.6 Å². The zero-order valence-corrected chi connectivity index (χ0v) is 21.5. The molecule has 3 aromatic rings. The summed E-state index contributed by atoms with van der Waals surface area (Å²) in [6.45, 7) is 2.90. The van der Waals surface area contributed by atoms with E-state index in [1.165, 1.54) is 23.7 Å². The molecule has 1 aliphatic carbocycles. The first-order valence-electron chi connectivity index (χ1n) is 11.9. The van der Waals surface area contributed by atoms with Crippen molar-refractivity contribution in [2.24, 2.45) is 12.0 Å². The van der Waals surface area contributed by atoms with Crippen molar-refractivity contribution >= 4 is 27.3 Å². The molecule has 0 unspecified atom stereocenters. The largest absolute Gasteiger partial charge is 0.492 e. The lowest BCUT2D eigenvalue weighted by Crippen LogP contribution is -2.44. The fourth-order valence-electron chi connectivity index (χ4n) is 4.90. The highest BCUT2D eigenvalue weighted by molar-refractivity contribution is 7.89. The number of benzene rings is 2. The van der Waals surface area contributed by atoms with Gasteiger partial charge in [0.15, 0.2) is 5.03 Å². The average molecular weight is 513 g/mol. The maximum Gasteiger partial charge on any atom is 0.259 e. The van der Waals surface area contributed by atoms with Crippen LogP contribution in [-0.4, -0.2) is 43.4 Å². The molecule has 0 amide bonds. The van der Waals surface area contributed by atoms with E-state index in [2.05, 4.69) is 34.0 Å². The van der Waals surface area contributed by atoms with Crippen LogP contribution in [-0.2, 0) is 28.9 Å². The highest BCUT2D eigenvalue weighted by Crippen LogP contribution is 2.48. The Balaban J connectivity index is 1.30. The SMILES string of the molecule is Cc1nc(S(=O)(=O)NCCOc2ccc3c(c2)C(C2(c4ccc(Cl)cc4)CCC2)=NCC3)cn1C. The molecule has 0 radical (unpaired) electrons. The Labute approximate surface area is 211 Å². The molecule has 0 bridgehead atoms. The van der Waals surface area contributed by atoms with Gasteiger partial charge in [0, 0.05) is 42.3 Å². The van der Waals surface area contributed by atoms with Crippen molar-refractivity contribution in [1.82, 2.24) is 14.3 Å². The Morgan fingerprint density at radius 3 is 2.60 bits per heavy atom. The number of nitrogens with one attached hydrogen (secondary N) is 1. The molecule has 0 atom stereocenters. The van der Waals surface area contributed by atoms with Gasteiger partial charge in [-0.1, -0.05) is 36.2 Å². The van der Waals surface area contributed by atoms with Crippen molar-refractivity contribution in [2.75, 3.05) is 19.7 Å². The number of nitrogens with zero attached hydrogens (tertiary/aromatic N) is 3. The Hall–Kier alpha value is -2.68. The maximum absolute atomic E-state index is 12.5. The van der Waals surface area contributed by atoms with Crippen LogP contribution in [0.1, 0.15) is 41.8 Å². The first-order valence-corrected chi connectivity index (χ1v) is 13.7. The predicted molar refractivity (Wildman–Crippen MR) is 137 cm³/mol. The lowest BCUT2D eigenvalue weighted by molar-refractivity contribution is 0.322. The third-order valence-corrected chi connectivity index (χ3v) is 8.65. The number of halogens is 1. The zero-order valence-electron chi connectivity index (χ0n) is 19.9. The van der Waals surface area contributed by atoms with Gasteiger partial charge in [-0.05, 0) is 61.6 Å². The first kappa shape index (κ1) is 24.0. The molecule has 2 aromatic carbocycles. The molecule has 1 fully saturated rings. The molecular formula is C26H29ClN4O3S. The third kappa shape index (κ3) is 4.62. The number of rotatable bonds is 8. The van der Waals surface area contributed by atoms with Gasteiger partial charge < -0.3 is 9.30 Å². The number of hydrogen-bond donors (Lipinski definition) is 1. The number of ether oxygens (including phenoxy) is 1. The summed E-state index contributed by atoms with van der Waals surface area (Å²) in [4.78, 5) is 9.10. The lowest BCUT2D eigenvalue weighted by atomic mass is 9.59. The smallest absolute Gasteiger partial charge is 0.259 e. The van der Waals surface area contributed by atoms with Gasteiger partial charge in [-0.15, -0.1) is 0 Å². The summed E-state index contributed by atoms with van der Waals surface area (Å²) in [5.41, 5.74) is 4.70. The normalized spacial score (nSPS) is 16.8. The molecule has 1 N–H and O–H groups in total. The molecular weight excluding hydrogens is 484 g/mol. The van der Waals surface area contributed by atoms with Crippen molar-refractivity contribution in [2.45, 2.75) is 43.0 Å². The standard InChI is InChI=1S/C26H29ClN4O3S/c1-18-30-24(17-31(18)2)35(32,33)29-14-15-34-22-9-4-19-10-13-28-25(23(19)16-22)26(11-3-12-26)20-5-7-21(27)8-6-20/h4-9,16-17,29H,3,10-15H2,1-2H3. The summed E-state index contributed by atoms with van der Waals surface area (Å²) >= 11 is 6.15. The monoisotopic (exact) mass is 512 g/mol. The van der Waals surface area contributed by atoms with Crippen LogP contribution in [0.3, 0.4) is 0 Å². The number of aromatic nitrogens is 2. The van der Waals surface area contributed by atoms with E-state index in [1.807, 2.05) is 18.2 Å². The molecule has 184 valence electrons. The number of aryl methyl sites for hydroxylation is 2. The summed E-state index contributed by atoms with van der Waals surface area (Å²) in [6, 6.07) is 14.3. The van der Waals surface area contributed by atoms with Crippen LogP contribution in [0.4, 0.5) is 0 Å². The van der Waals surface area contributed by atoms with Gasteiger partial charge in [-0.3, -0.25) is 4.99 Å². The quantitative estimate of drug-likeness (QED) is 0.458. The number of hydrogen-bond acceptors (Lipinski definition) is 5. The van der Waals surface area contributed by atoms with Gasteiger partial charge in [-0.2, -0.15) is 0 Å². The van der Waals surface area contributed by atoms with Gasteiger partial charge in [0.05, 0.1) is 5.71 Å². The second-order valence-electron chi connectivity index (χ2n) is 9.23. The summed E-state index contributed by atoms with van der Waals surface area (Å²) in [6.07, 6.45) is 5.70. The number of aliphatic imine (C=N–C) groups is 1. The third-order valence-electron chi connectivity index (χ3n) is 7.07. The fourth-order valence-corrected chi connectivity index (χ4v) is 6.08. The molecule has 2 aliphatic rings. The van der Waals surface area contributed by atoms with Gasteiger partial charge >= 0.3 is 0 Å². The molecule has 2 heterocycles. The molecule has 1 aliphatic heterocycles. The molecule has 7 nitrogen and oxygen atoms in total. The van der Waals surface area contributed by atoms with Crippen LogP contribution in [0, 0.1) is 6.92 Å². The van der Waals surface area contributed by atoms with Gasteiger partial charge in [0.1, 0.15) is 18.2 Å². The van der Waals surface area contributed by atoms with E-state index >= 15 is 0 Å². The Morgan fingerprint density at radius 2 is 1.94 bits per heavy atom. The average Bonchev–Trinajstić information content (AvgIpc) is 3.16. The summed E-state index contributed by atoms with van der Waals surface area (Å²) in [7, 11) is -1.92. The van der Waals surface area contributed by atoms with Crippen molar-refractivity contribution in [3.8, 4) is 5.75 Å². The lowest BCUT2D eigenvalue weighted by Gasteiger charge is -2.45. The summed E-state index contributed by atoms with van der Waals surface area (Å²) in [5, 5.41) is 0.749. The molecule has 1 saturated carbocycles. The first-order chi connectivity index (χ1) is 16.8. The molecule has 5 rings (SSSR count). The second-order valence-corrected chi connectivity index (χ2v) is 11.4. The second kappa shape index (κ2) is 9.41. The minimum atomic E-state index is -3.68. The predicted octanol–water partition coefficient (Wildman–Crippen LogP) is 4.21. The van der Waals surface area contributed by atoms with Crippen LogP contribution in [0.5, 0.6) is 5.75 Å². The molecule has 0 saturated heterocycles. The van der Waals surface area contributed by atoms with E-state index in [9.17, 15) is 8.42 Å². The van der Waals surface area contributed by atoms with Crippen LogP contribution >= 0.6 is 11.6 Å². The van der Waals surface area contributed by atoms with Crippen LogP contribution in [0.25, 0.3) is 0 Å². The fraction of sp³-hybridized carbons (Fsp3) is 0.385. The Morgan fingerprint density at radius 1 is 1.17 bits per heavy atom. The Bertz CT molecular complexity index is 1360. The summed E-state index contributed by atoms with van der Waals surface area (Å²) < 4.78 is 35.1. The van der Waals surface area contributed by atoms with E-state index in [0.717, 1.165) is 42.1 Å². The minimum Gasteiger partial charge on any atom is -0.492 e. The molecule has 0 spiro atoms. The van der Waals surface area contributed by atoms with E-state index < -0.39 is 10.0 Å². The topological polar surface area (TPSA) is 85.6 Å². The summed E-state index contributed by atoms with van der Waals surface area (Å²) in [5.74, 6) is 1.34. The maximum atomic E-state index is 12.5. The minimum absolute atomic E-state index is 0.0140. The number of fused-ring (bicyclic) bond motifs is 1. The van der Waals surface area contributed by atoms with E-state index in [4.69, 9.17) is 21.3 Å². The molecule has 9 heteroatoms. The van der Waals surface area contributed by atoms with E-state index in [0.29, 0.717) is 11.6 Å². The van der Waals surface area contributed by atoms with E-state index in [1.54, 1.807) is 18.5 Å². The van der Waals surface area contributed by atoms with Crippen LogP contribution in [0.15, 0.2) is 58.7 Å². The van der Waals surface area contributed by atoms with Gasteiger partial charge in [-0.25, -0.2) is 18.1 Å². The van der Waals surface area contributed by atoms with Crippen molar-refractivity contribution in [3.05, 3.63) is 76.2 Å².